The van der Waals surface area contributed by atoms with E-state index in [9.17, 15) is 0 Å². The summed E-state index contributed by atoms with van der Waals surface area (Å²) >= 11 is 1.75. The molecular weight excluding hydrogens is 252 g/mol. The Bertz CT molecular complexity index is 547. The summed E-state index contributed by atoms with van der Waals surface area (Å²) in [5.41, 5.74) is 9.08. The normalized spacial score (nSPS) is 10.8. The third-order valence-corrected chi connectivity index (χ3v) is 3.81. The average Bonchev–Trinajstić information content (AvgIpc) is 2.46. The second-order valence-corrected chi connectivity index (χ2v) is 5.19. The molecule has 0 fully saturated rings. The first-order valence-electron chi connectivity index (χ1n) is 6.21. The first-order valence-corrected chi connectivity index (χ1v) is 7.20. The summed E-state index contributed by atoms with van der Waals surface area (Å²) < 4.78 is 0. The number of nitrogen functional groups attached to an aromatic ring is 1. The molecule has 0 saturated heterocycles. The van der Waals surface area contributed by atoms with E-state index in [1.54, 1.807) is 11.8 Å². The van der Waals surface area contributed by atoms with Gasteiger partial charge in [0.2, 0.25) is 0 Å². The van der Waals surface area contributed by atoms with Crippen molar-refractivity contribution >= 4 is 29.2 Å². The van der Waals surface area contributed by atoms with E-state index in [0.29, 0.717) is 0 Å². The second-order valence-electron chi connectivity index (χ2n) is 4.12. The van der Waals surface area contributed by atoms with Crippen LogP contribution < -0.4 is 11.1 Å². The number of hydrogen-bond donors (Lipinski definition) is 2. The Morgan fingerprint density at radius 1 is 1.11 bits per heavy atom. The number of nitrogens with one attached hydrogen (secondary N) is 1. The maximum atomic E-state index is 5.89. The molecule has 0 amide bonds. The van der Waals surface area contributed by atoms with Gasteiger partial charge < -0.3 is 11.1 Å². The quantitative estimate of drug-likeness (QED) is 0.634. The lowest BCUT2D eigenvalue weighted by Gasteiger charge is -2.02. The molecule has 98 valence electrons. The molecular formula is C16H18N2S. The average molecular weight is 270 g/mol. The Labute approximate surface area is 118 Å². The van der Waals surface area contributed by atoms with Crippen LogP contribution in [0, 0.1) is 0 Å². The third kappa shape index (κ3) is 4.07. The van der Waals surface area contributed by atoms with E-state index in [2.05, 4.69) is 47.8 Å². The second kappa shape index (κ2) is 6.90. The van der Waals surface area contributed by atoms with Crippen LogP contribution in [-0.2, 0) is 0 Å². The molecule has 2 nitrogen and oxygen atoms in total. The molecule has 2 aromatic rings. The van der Waals surface area contributed by atoms with Gasteiger partial charge in [-0.2, -0.15) is 0 Å². The number of nitrogens with two attached hydrogens (primary N) is 1. The van der Waals surface area contributed by atoms with Crippen molar-refractivity contribution < 1.29 is 0 Å². The van der Waals surface area contributed by atoms with Crippen molar-refractivity contribution in [2.75, 3.05) is 23.9 Å². The van der Waals surface area contributed by atoms with Crippen molar-refractivity contribution in [3.8, 4) is 0 Å². The number of hydrogen-bond acceptors (Lipinski definition) is 3. The largest absolute Gasteiger partial charge is 0.398 e. The molecule has 3 heteroatoms. The maximum Gasteiger partial charge on any atom is 0.0452 e. The molecule has 0 aliphatic carbocycles. The molecule has 3 N–H and O–H groups in total. The highest BCUT2D eigenvalue weighted by atomic mass is 32.2. The van der Waals surface area contributed by atoms with Gasteiger partial charge in [0.05, 0.1) is 0 Å². The van der Waals surface area contributed by atoms with Gasteiger partial charge in [-0.3, -0.25) is 0 Å². The van der Waals surface area contributed by atoms with Gasteiger partial charge in [0.15, 0.2) is 0 Å². The van der Waals surface area contributed by atoms with Crippen molar-refractivity contribution in [1.82, 2.24) is 0 Å². The van der Waals surface area contributed by atoms with Gasteiger partial charge in [-0.25, -0.2) is 0 Å². The summed E-state index contributed by atoms with van der Waals surface area (Å²) in [6, 6.07) is 16.3. The highest BCUT2D eigenvalue weighted by Gasteiger charge is 1.96. The number of anilines is 2. The monoisotopic (exact) mass is 270 g/mol. The zero-order valence-electron chi connectivity index (χ0n) is 11.0. The van der Waals surface area contributed by atoms with E-state index in [-0.39, 0.29) is 0 Å². The van der Waals surface area contributed by atoms with E-state index >= 15 is 0 Å². The summed E-state index contributed by atoms with van der Waals surface area (Å²) in [6.07, 6.45) is 4.29. The van der Waals surface area contributed by atoms with Gasteiger partial charge in [-0.05, 0) is 29.8 Å². The molecule has 0 aromatic heterocycles. The van der Waals surface area contributed by atoms with E-state index in [0.717, 1.165) is 22.0 Å². The Hall–Kier alpha value is -1.87. The summed E-state index contributed by atoms with van der Waals surface area (Å²) in [5.74, 6) is 0.919. The topological polar surface area (TPSA) is 38.0 Å². The summed E-state index contributed by atoms with van der Waals surface area (Å²) in [7, 11) is 1.92. The van der Waals surface area contributed by atoms with Crippen LogP contribution in [0.1, 0.15) is 5.56 Å². The zero-order chi connectivity index (χ0) is 13.5. The molecule has 0 saturated carbocycles. The minimum atomic E-state index is 0.847. The standard InChI is InChI=1S/C16H18N2S/c1-18-14-10-8-13(9-11-14)5-4-12-19-16-7-3-2-6-15(16)17/h2-11,18H,12,17H2,1H3/b5-4+. The lowest BCUT2D eigenvalue weighted by Crippen LogP contribution is -1.87. The first kappa shape index (κ1) is 13.6. The van der Waals surface area contributed by atoms with Crippen molar-refractivity contribution in [2.24, 2.45) is 0 Å². The number of thioether (sulfide) groups is 1. The predicted molar refractivity (Wildman–Crippen MR) is 86.6 cm³/mol. The lowest BCUT2D eigenvalue weighted by atomic mass is 10.2. The molecule has 2 rings (SSSR count). The van der Waals surface area contributed by atoms with Crippen molar-refractivity contribution in [2.45, 2.75) is 4.90 Å². The molecule has 0 aliphatic rings. The van der Waals surface area contributed by atoms with E-state index < -0.39 is 0 Å². The molecule has 19 heavy (non-hydrogen) atoms. The SMILES string of the molecule is CNc1ccc(/C=C/CSc2ccccc2N)cc1. The zero-order valence-corrected chi connectivity index (χ0v) is 11.8. The van der Waals surface area contributed by atoms with Crippen molar-refractivity contribution in [3.05, 3.63) is 60.2 Å². The Kier molecular flexibility index (Phi) is 4.93. The van der Waals surface area contributed by atoms with Crippen LogP contribution in [0.25, 0.3) is 6.08 Å². The van der Waals surface area contributed by atoms with Crippen LogP contribution in [-0.4, -0.2) is 12.8 Å². The maximum absolute atomic E-state index is 5.89. The van der Waals surface area contributed by atoms with Gasteiger partial charge in [-0.1, -0.05) is 36.4 Å². The molecule has 0 atom stereocenters. The van der Waals surface area contributed by atoms with Crippen molar-refractivity contribution in [1.29, 1.82) is 0 Å². The Morgan fingerprint density at radius 3 is 2.53 bits per heavy atom. The molecule has 0 aliphatic heterocycles. The molecule has 0 heterocycles. The van der Waals surface area contributed by atoms with Gasteiger partial charge in [0.1, 0.15) is 0 Å². The summed E-state index contributed by atoms with van der Waals surface area (Å²) in [6.45, 7) is 0. The first-order chi connectivity index (χ1) is 9.29. The molecule has 0 radical (unpaired) electrons. The van der Waals surface area contributed by atoms with Gasteiger partial charge in [0, 0.05) is 29.1 Å². The number of para-hydroxylation sites is 1. The highest BCUT2D eigenvalue weighted by Crippen LogP contribution is 2.24. The van der Waals surface area contributed by atoms with E-state index in [1.807, 2.05) is 25.2 Å². The van der Waals surface area contributed by atoms with Crippen LogP contribution in [0.2, 0.25) is 0 Å². The molecule has 0 bridgehead atoms. The van der Waals surface area contributed by atoms with Crippen LogP contribution in [0.15, 0.2) is 59.5 Å². The molecule has 2 aromatic carbocycles. The fourth-order valence-electron chi connectivity index (χ4n) is 1.69. The lowest BCUT2D eigenvalue weighted by molar-refractivity contribution is 1.46. The number of benzene rings is 2. The minimum Gasteiger partial charge on any atom is -0.398 e. The fourth-order valence-corrected chi connectivity index (χ4v) is 2.48. The number of rotatable bonds is 5. The van der Waals surface area contributed by atoms with E-state index in [4.69, 9.17) is 5.73 Å². The minimum absolute atomic E-state index is 0.847. The predicted octanol–water partition coefficient (Wildman–Crippen LogP) is 4.12. The summed E-state index contributed by atoms with van der Waals surface area (Å²) in [4.78, 5) is 1.14. The Morgan fingerprint density at radius 2 is 1.84 bits per heavy atom. The molecule has 0 unspecified atom stereocenters. The summed E-state index contributed by atoms with van der Waals surface area (Å²) in [5, 5.41) is 3.11. The highest BCUT2D eigenvalue weighted by molar-refractivity contribution is 7.99. The smallest absolute Gasteiger partial charge is 0.0452 e. The third-order valence-electron chi connectivity index (χ3n) is 2.76. The van der Waals surface area contributed by atoms with Crippen LogP contribution in [0.3, 0.4) is 0 Å². The fraction of sp³-hybridized carbons (Fsp3) is 0.125. The molecule has 0 spiro atoms. The van der Waals surface area contributed by atoms with E-state index in [1.165, 1.54) is 5.56 Å². The van der Waals surface area contributed by atoms with Gasteiger partial charge in [0.25, 0.3) is 0 Å². The van der Waals surface area contributed by atoms with Gasteiger partial charge >= 0.3 is 0 Å². The van der Waals surface area contributed by atoms with Crippen molar-refractivity contribution in [3.63, 3.8) is 0 Å². The van der Waals surface area contributed by atoms with Crippen LogP contribution in [0.5, 0.6) is 0 Å². The van der Waals surface area contributed by atoms with Crippen LogP contribution in [0.4, 0.5) is 11.4 Å². The van der Waals surface area contributed by atoms with Gasteiger partial charge in [-0.15, -0.1) is 11.8 Å². The Balaban J connectivity index is 1.88. The van der Waals surface area contributed by atoms with Crippen LogP contribution >= 0.6 is 11.8 Å².